The van der Waals surface area contributed by atoms with Crippen LogP contribution in [0.15, 0.2) is 30.6 Å². The van der Waals surface area contributed by atoms with Crippen molar-refractivity contribution >= 4 is 0 Å². The van der Waals surface area contributed by atoms with Crippen LogP contribution in [0.5, 0.6) is 0 Å². The van der Waals surface area contributed by atoms with Gasteiger partial charge in [0.2, 0.25) is 0 Å². The van der Waals surface area contributed by atoms with Crippen molar-refractivity contribution in [3.8, 4) is 0 Å². The summed E-state index contributed by atoms with van der Waals surface area (Å²) in [5.74, 6) is 0. The molecule has 1 heterocycles. The number of hydrogen-bond acceptors (Lipinski definition) is 2. The molecule has 0 bridgehead atoms. The molecule has 3 nitrogen and oxygen atoms in total. The van der Waals surface area contributed by atoms with Crippen molar-refractivity contribution in [2.24, 2.45) is 0 Å². The molecule has 0 saturated heterocycles. The highest BCUT2D eigenvalue weighted by molar-refractivity contribution is 5.37. The van der Waals surface area contributed by atoms with E-state index in [0.29, 0.717) is 6.17 Å². The smallest absolute Gasteiger partial charge is 0.0978 e. The number of rotatable bonds is 2. The molecule has 1 aromatic rings. The van der Waals surface area contributed by atoms with Gasteiger partial charge in [-0.25, -0.2) is 0 Å². The fraction of sp³-hybridized carbons (Fsp3) is 0.600. The van der Waals surface area contributed by atoms with Crippen LogP contribution in [0.3, 0.4) is 0 Å². The minimum Gasteiger partial charge on any atom is -0.412 e. The molecule has 0 saturated carbocycles. The number of hydrogen-bond donors (Lipinski definition) is 0. The molecule has 23 heavy (non-hydrogen) atoms. The van der Waals surface area contributed by atoms with Crippen molar-refractivity contribution in [3.63, 3.8) is 0 Å². The second-order valence-corrected chi connectivity index (χ2v) is 8.69. The zero-order chi connectivity index (χ0) is 16.7. The summed E-state index contributed by atoms with van der Waals surface area (Å²) in [6.07, 6.45) is 4.78. The van der Waals surface area contributed by atoms with Gasteiger partial charge >= 0.3 is 0 Å². The first kappa shape index (κ1) is 19.6. The lowest BCUT2D eigenvalue weighted by Crippen LogP contribution is -2.33. The maximum atomic E-state index is 2.40. The first-order chi connectivity index (χ1) is 9.98. The maximum Gasteiger partial charge on any atom is 0.0978 e. The van der Waals surface area contributed by atoms with Gasteiger partial charge in [-0.05, 0) is 34.4 Å². The predicted molar refractivity (Wildman–Crippen MR) is 99.4 cm³/mol. The van der Waals surface area contributed by atoms with Gasteiger partial charge in [0, 0.05) is 26.0 Å². The molecule has 0 spiro atoms. The molecule has 130 valence electrons. The van der Waals surface area contributed by atoms with Gasteiger partial charge in [-0.15, -0.1) is 0 Å². The van der Waals surface area contributed by atoms with Crippen LogP contribution in [0.25, 0.3) is 0 Å². The van der Waals surface area contributed by atoms with Crippen LogP contribution >= 0.6 is 0 Å². The topological polar surface area (TPSA) is 38.0 Å². The van der Waals surface area contributed by atoms with E-state index < -0.39 is 0 Å². The van der Waals surface area contributed by atoms with E-state index in [-0.39, 0.29) is 16.3 Å². The van der Waals surface area contributed by atoms with Crippen LogP contribution in [0.1, 0.15) is 65.2 Å². The second-order valence-electron chi connectivity index (χ2n) is 8.69. The average Bonchev–Trinajstić information content (AvgIpc) is 2.68. The highest BCUT2D eigenvalue weighted by Gasteiger charge is 2.23. The summed E-state index contributed by atoms with van der Waals surface area (Å²) >= 11 is 0. The summed E-state index contributed by atoms with van der Waals surface area (Å²) in [6.45, 7) is 17.0. The summed E-state index contributed by atoms with van der Waals surface area (Å²) in [7, 11) is 2.13. The Morgan fingerprint density at radius 1 is 0.870 bits per heavy atom. The van der Waals surface area contributed by atoms with Gasteiger partial charge in [-0.3, -0.25) is 0 Å². The summed E-state index contributed by atoms with van der Waals surface area (Å²) in [5.41, 5.74) is 4.63. The summed E-state index contributed by atoms with van der Waals surface area (Å²) in [4.78, 5) is 4.65. The molecule has 0 fully saturated rings. The third-order valence-electron chi connectivity index (χ3n) is 4.65. The SMILES string of the molecule is CC1N(C)C=CN1Cc1cc(C(C)(C)C)cc(C(C)(C)C)c1.O. The first-order valence-corrected chi connectivity index (χ1v) is 8.29. The van der Waals surface area contributed by atoms with Crippen molar-refractivity contribution in [1.29, 1.82) is 0 Å². The fourth-order valence-corrected chi connectivity index (χ4v) is 2.72. The van der Waals surface area contributed by atoms with Crippen LogP contribution in [0.4, 0.5) is 0 Å². The molecular weight excluding hydrogens is 284 g/mol. The van der Waals surface area contributed by atoms with Crippen molar-refractivity contribution in [1.82, 2.24) is 9.80 Å². The Hall–Kier alpha value is -1.48. The Labute approximate surface area is 142 Å². The Bertz CT molecular complexity index is 532. The zero-order valence-electron chi connectivity index (χ0n) is 16.1. The molecule has 0 aromatic heterocycles. The van der Waals surface area contributed by atoms with Crippen LogP contribution in [-0.2, 0) is 17.4 Å². The Morgan fingerprint density at radius 3 is 1.70 bits per heavy atom. The van der Waals surface area contributed by atoms with E-state index in [2.05, 4.69) is 95.9 Å². The molecule has 3 heteroatoms. The number of benzene rings is 1. The van der Waals surface area contributed by atoms with E-state index in [1.54, 1.807) is 0 Å². The van der Waals surface area contributed by atoms with E-state index in [1.165, 1.54) is 16.7 Å². The van der Waals surface area contributed by atoms with E-state index >= 15 is 0 Å². The largest absolute Gasteiger partial charge is 0.412 e. The molecule has 0 radical (unpaired) electrons. The predicted octanol–water partition coefficient (Wildman–Crippen LogP) is 4.02. The monoisotopic (exact) mass is 318 g/mol. The molecule has 2 rings (SSSR count). The molecule has 1 unspecified atom stereocenters. The van der Waals surface area contributed by atoms with Gasteiger partial charge in [0.15, 0.2) is 0 Å². The van der Waals surface area contributed by atoms with E-state index in [4.69, 9.17) is 0 Å². The lowest BCUT2D eigenvalue weighted by atomic mass is 9.79. The van der Waals surface area contributed by atoms with Crippen molar-refractivity contribution < 1.29 is 5.48 Å². The zero-order valence-corrected chi connectivity index (χ0v) is 16.1. The third-order valence-corrected chi connectivity index (χ3v) is 4.65. The van der Waals surface area contributed by atoms with Crippen molar-refractivity contribution in [2.75, 3.05) is 7.05 Å². The molecular formula is C20H34N2O. The molecule has 1 aliphatic heterocycles. The molecule has 1 aliphatic rings. The van der Waals surface area contributed by atoms with Crippen LogP contribution in [0.2, 0.25) is 0 Å². The van der Waals surface area contributed by atoms with Crippen LogP contribution in [-0.4, -0.2) is 28.5 Å². The molecule has 0 amide bonds. The second kappa shape index (κ2) is 6.56. The quantitative estimate of drug-likeness (QED) is 0.826. The van der Waals surface area contributed by atoms with E-state index in [0.717, 1.165) is 6.54 Å². The van der Waals surface area contributed by atoms with Gasteiger partial charge in [-0.2, -0.15) is 0 Å². The average molecular weight is 319 g/mol. The maximum absolute atomic E-state index is 2.40. The van der Waals surface area contributed by atoms with E-state index in [1.807, 2.05) is 0 Å². The van der Waals surface area contributed by atoms with Crippen molar-refractivity contribution in [2.45, 2.75) is 72.0 Å². The van der Waals surface area contributed by atoms with Crippen LogP contribution in [0, 0.1) is 0 Å². The Morgan fingerprint density at radius 2 is 1.35 bits per heavy atom. The van der Waals surface area contributed by atoms with Gasteiger partial charge < -0.3 is 15.3 Å². The Kier molecular flexibility index (Phi) is 5.58. The molecule has 1 atom stereocenters. The van der Waals surface area contributed by atoms with Gasteiger partial charge in [0.05, 0.1) is 6.17 Å². The highest BCUT2D eigenvalue weighted by Crippen LogP contribution is 2.31. The molecule has 2 N–H and O–H groups in total. The Balaban J connectivity index is 0.00000264. The van der Waals surface area contributed by atoms with Gasteiger partial charge in [0.1, 0.15) is 0 Å². The summed E-state index contributed by atoms with van der Waals surface area (Å²) < 4.78 is 0. The van der Waals surface area contributed by atoms with Crippen LogP contribution < -0.4 is 0 Å². The van der Waals surface area contributed by atoms with Gasteiger partial charge in [-0.1, -0.05) is 59.7 Å². The first-order valence-electron chi connectivity index (χ1n) is 8.29. The minimum atomic E-state index is 0. The summed E-state index contributed by atoms with van der Waals surface area (Å²) in [6, 6.07) is 7.15. The lowest BCUT2D eigenvalue weighted by Gasteiger charge is -2.30. The highest BCUT2D eigenvalue weighted by atomic mass is 16.0. The fourth-order valence-electron chi connectivity index (χ4n) is 2.72. The minimum absolute atomic E-state index is 0. The standard InChI is InChI=1S/C20H32N2.H2O/c1-15-21(8)9-10-22(15)14-16-11-17(19(2,3)4)13-18(12-16)20(5,6)7;/h9-13,15H,14H2,1-8H3;1H2. The normalized spacial score (nSPS) is 18.3. The summed E-state index contributed by atoms with van der Waals surface area (Å²) in [5, 5.41) is 0. The molecule has 0 aliphatic carbocycles. The van der Waals surface area contributed by atoms with E-state index in [9.17, 15) is 0 Å². The van der Waals surface area contributed by atoms with Gasteiger partial charge in [0.25, 0.3) is 0 Å². The lowest BCUT2D eigenvalue weighted by molar-refractivity contribution is 0.189. The molecule has 1 aromatic carbocycles. The third kappa shape index (κ3) is 4.51. The van der Waals surface area contributed by atoms with Crippen molar-refractivity contribution in [3.05, 3.63) is 47.3 Å². The number of nitrogens with zero attached hydrogens (tertiary/aromatic N) is 2.